The molecule has 2 unspecified atom stereocenters. The van der Waals surface area contributed by atoms with Gasteiger partial charge in [0.2, 0.25) is 5.91 Å². The van der Waals surface area contributed by atoms with Crippen molar-refractivity contribution in [1.82, 2.24) is 9.97 Å². The van der Waals surface area contributed by atoms with E-state index in [2.05, 4.69) is 20.6 Å². The first-order valence-corrected chi connectivity index (χ1v) is 16.5. The molecule has 3 aromatic carbocycles. The average molecular weight is 640 g/mol. The average Bonchev–Trinajstić information content (AvgIpc) is 3.63. The zero-order valence-electron chi connectivity index (χ0n) is 26.7. The minimum atomic E-state index is -0.950. The Hall–Kier alpha value is -5.18. The third-order valence-corrected chi connectivity index (χ3v) is 9.27. The molecule has 5 N–H and O–H groups in total. The number of para-hydroxylation sites is 1. The smallest absolute Gasteiger partial charge is 0.228 e. The number of Topliss-reactive ketones (excluding diaryl/α,β-unsaturated/α-hetero) is 1. The van der Waals surface area contributed by atoms with Crippen molar-refractivity contribution in [1.29, 1.82) is 0 Å². The molecule has 0 aliphatic heterocycles. The molecule has 6 atom stereocenters. The summed E-state index contributed by atoms with van der Waals surface area (Å²) in [6.07, 6.45) is 4.93. The fourth-order valence-corrected chi connectivity index (χ4v) is 6.88. The van der Waals surface area contributed by atoms with Crippen LogP contribution < -0.4 is 16.4 Å². The van der Waals surface area contributed by atoms with Gasteiger partial charge in [-0.05, 0) is 66.3 Å². The molecule has 0 saturated heterocycles. The molecule has 1 aliphatic rings. The van der Waals surface area contributed by atoms with Crippen molar-refractivity contribution in [2.45, 2.75) is 49.8 Å². The zero-order chi connectivity index (χ0) is 33.3. The molecule has 2 heterocycles. The summed E-state index contributed by atoms with van der Waals surface area (Å²) in [7, 11) is 0. The standard InChI is InChI=1S/C40H41N5O3/c41-32(26-27-14-3-1-4-15-27)39(47)29-19-13-20-30(29)40(48)44-33-21-8-7-18-31(33)37(45-35-23-10-12-25-43-35)36(34-22-9-11-24-42-34)38(46)28-16-5-2-6-17-28/h1-12,14-18,21-25,29-30,32,36-38,46H,13,19-20,26,41H2,(H,43,45)(H,44,48)/t29?,30?,32-,36+,37-,38-/m0/s1. The van der Waals surface area contributed by atoms with Crippen LogP contribution in [0.5, 0.6) is 0 Å². The number of ketones is 1. The number of aliphatic hydroxyl groups excluding tert-OH is 1. The summed E-state index contributed by atoms with van der Waals surface area (Å²) < 4.78 is 0. The van der Waals surface area contributed by atoms with Gasteiger partial charge < -0.3 is 21.5 Å². The van der Waals surface area contributed by atoms with Gasteiger partial charge in [-0.15, -0.1) is 0 Å². The maximum absolute atomic E-state index is 14.0. The Bertz CT molecular complexity index is 1770. The van der Waals surface area contributed by atoms with Gasteiger partial charge in [-0.25, -0.2) is 4.98 Å². The Balaban J connectivity index is 1.32. The maximum Gasteiger partial charge on any atom is 0.228 e. The van der Waals surface area contributed by atoms with E-state index in [1.807, 2.05) is 121 Å². The fraction of sp³-hybridized carbons (Fsp3) is 0.250. The molecule has 0 bridgehead atoms. The Kier molecular flexibility index (Phi) is 10.6. The number of carbonyl (C=O) groups excluding carboxylic acids is 2. The van der Waals surface area contributed by atoms with E-state index in [1.54, 1.807) is 12.4 Å². The van der Waals surface area contributed by atoms with Gasteiger partial charge in [-0.2, -0.15) is 0 Å². The molecular formula is C40H41N5O3. The van der Waals surface area contributed by atoms with Crippen molar-refractivity contribution in [3.8, 4) is 0 Å². The summed E-state index contributed by atoms with van der Waals surface area (Å²) in [6, 6.07) is 36.8. The van der Waals surface area contributed by atoms with E-state index in [-0.39, 0.29) is 11.7 Å². The highest BCUT2D eigenvalue weighted by Crippen LogP contribution is 2.44. The van der Waals surface area contributed by atoms with E-state index in [0.29, 0.717) is 36.5 Å². The first-order chi connectivity index (χ1) is 23.5. The van der Waals surface area contributed by atoms with Crippen LogP contribution in [0.4, 0.5) is 11.5 Å². The molecule has 244 valence electrons. The van der Waals surface area contributed by atoms with E-state index >= 15 is 0 Å². The predicted octanol–water partition coefficient (Wildman–Crippen LogP) is 6.64. The molecule has 2 aromatic heterocycles. The van der Waals surface area contributed by atoms with Crippen molar-refractivity contribution in [3.05, 3.63) is 156 Å². The Morgan fingerprint density at radius 3 is 2.12 bits per heavy atom. The van der Waals surface area contributed by atoms with Gasteiger partial charge in [-0.3, -0.25) is 14.6 Å². The number of aliphatic hydroxyl groups is 1. The molecule has 8 nitrogen and oxygen atoms in total. The normalized spacial score (nSPS) is 18.3. The SMILES string of the molecule is N[C@@H](Cc1ccccc1)C(=O)C1CCCC1C(=O)Nc1ccccc1[C@H](Nc1ccccn1)[C@@H](c1ccccn1)[C@@H](O)c1ccccc1. The van der Waals surface area contributed by atoms with Crippen LogP contribution in [0.25, 0.3) is 0 Å². The predicted molar refractivity (Wildman–Crippen MR) is 188 cm³/mol. The molecule has 8 heteroatoms. The van der Waals surface area contributed by atoms with E-state index < -0.39 is 35.9 Å². The van der Waals surface area contributed by atoms with Crippen LogP contribution in [0.2, 0.25) is 0 Å². The first kappa shape index (κ1) is 32.7. The monoisotopic (exact) mass is 639 g/mol. The van der Waals surface area contributed by atoms with E-state index in [0.717, 1.165) is 23.1 Å². The summed E-state index contributed by atoms with van der Waals surface area (Å²) in [5.74, 6) is -1.18. The Morgan fingerprint density at radius 1 is 0.771 bits per heavy atom. The van der Waals surface area contributed by atoms with Gasteiger partial charge in [0.25, 0.3) is 0 Å². The molecule has 1 amide bonds. The highest BCUT2D eigenvalue weighted by molar-refractivity contribution is 5.98. The number of nitrogens with one attached hydrogen (secondary N) is 2. The van der Waals surface area contributed by atoms with Crippen LogP contribution in [-0.4, -0.2) is 32.8 Å². The molecule has 0 spiro atoms. The number of carbonyl (C=O) groups is 2. The molecule has 5 aromatic rings. The van der Waals surface area contributed by atoms with Crippen molar-refractivity contribution in [2.75, 3.05) is 10.6 Å². The van der Waals surface area contributed by atoms with Gasteiger partial charge in [0, 0.05) is 35.6 Å². The van der Waals surface area contributed by atoms with Crippen LogP contribution in [0, 0.1) is 11.8 Å². The maximum atomic E-state index is 14.0. The largest absolute Gasteiger partial charge is 0.388 e. The van der Waals surface area contributed by atoms with E-state index in [4.69, 9.17) is 5.73 Å². The number of rotatable bonds is 13. The molecule has 1 aliphatic carbocycles. The van der Waals surface area contributed by atoms with Crippen molar-refractivity contribution < 1.29 is 14.7 Å². The van der Waals surface area contributed by atoms with Gasteiger partial charge >= 0.3 is 0 Å². The highest BCUT2D eigenvalue weighted by atomic mass is 16.3. The van der Waals surface area contributed by atoms with E-state index in [9.17, 15) is 14.7 Å². The second-order valence-corrected chi connectivity index (χ2v) is 12.4. The lowest BCUT2D eigenvalue weighted by atomic mass is 9.82. The number of pyridine rings is 2. The van der Waals surface area contributed by atoms with Gasteiger partial charge in [0.05, 0.1) is 24.1 Å². The molecule has 1 saturated carbocycles. The van der Waals surface area contributed by atoms with Gasteiger partial charge in [-0.1, -0.05) is 97.4 Å². The number of hydrogen-bond acceptors (Lipinski definition) is 7. The third-order valence-electron chi connectivity index (χ3n) is 9.27. The van der Waals surface area contributed by atoms with Crippen LogP contribution in [0.1, 0.15) is 59.7 Å². The number of nitrogens with zero attached hydrogens (tertiary/aromatic N) is 2. The molecule has 48 heavy (non-hydrogen) atoms. The second kappa shape index (κ2) is 15.6. The number of hydrogen-bond donors (Lipinski definition) is 4. The summed E-state index contributed by atoms with van der Waals surface area (Å²) in [5, 5.41) is 18.7. The zero-order valence-corrected chi connectivity index (χ0v) is 26.7. The third kappa shape index (κ3) is 7.68. The fourth-order valence-electron chi connectivity index (χ4n) is 6.88. The first-order valence-electron chi connectivity index (χ1n) is 16.5. The number of nitrogens with two attached hydrogens (primary N) is 1. The van der Waals surface area contributed by atoms with Crippen molar-refractivity contribution in [3.63, 3.8) is 0 Å². The number of anilines is 2. The van der Waals surface area contributed by atoms with Gasteiger partial charge in [0.1, 0.15) is 5.82 Å². The van der Waals surface area contributed by atoms with E-state index in [1.165, 1.54) is 0 Å². The van der Waals surface area contributed by atoms with Gasteiger partial charge in [0.15, 0.2) is 5.78 Å². The summed E-state index contributed by atoms with van der Waals surface area (Å²) >= 11 is 0. The Morgan fingerprint density at radius 2 is 1.42 bits per heavy atom. The Labute approximate surface area is 281 Å². The molecule has 1 fully saturated rings. The van der Waals surface area contributed by atoms with Crippen LogP contribution in [0.15, 0.2) is 134 Å². The summed E-state index contributed by atoms with van der Waals surface area (Å²) in [4.78, 5) is 36.9. The van der Waals surface area contributed by atoms with Crippen LogP contribution >= 0.6 is 0 Å². The lowest BCUT2D eigenvalue weighted by Gasteiger charge is -2.33. The van der Waals surface area contributed by atoms with Crippen molar-refractivity contribution >= 4 is 23.2 Å². The minimum absolute atomic E-state index is 0.0688. The molecule has 6 rings (SSSR count). The lowest BCUT2D eigenvalue weighted by molar-refractivity contribution is -0.130. The summed E-state index contributed by atoms with van der Waals surface area (Å²) in [5.41, 5.74) is 10.2. The lowest BCUT2D eigenvalue weighted by Crippen LogP contribution is -2.41. The van der Waals surface area contributed by atoms with Crippen LogP contribution in [-0.2, 0) is 16.0 Å². The second-order valence-electron chi connectivity index (χ2n) is 12.4. The summed E-state index contributed by atoms with van der Waals surface area (Å²) in [6.45, 7) is 0. The van der Waals surface area contributed by atoms with Crippen molar-refractivity contribution in [2.24, 2.45) is 17.6 Å². The quantitative estimate of drug-likeness (QED) is 0.114. The molecule has 0 radical (unpaired) electrons. The topological polar surface area (TPSA) is 130 Å². The number of amides is 1. The highest BCUT2D eigenvalue weighted by Gasteiger charge is 2.40. The van der Waals surface area contributed by atoms with Crippen LogP contribution in [0.3, 0.4) is 0 Å². The number of benzene rings is 3. The minimum Gasteiger partial charge on any atom is -0.388 e. The molecular weight excluding hydrogens is 598 g/mol. The number of aromatic nitrogens is 2.